The molecule has 6 heteroatoms. The quantitative estimate of drug-likeness (QED) is 0.641. The van der Waals surface area contributed by atoms with Gasteiger partial charge in [-0.2, -0.15) is 0 Å². The summed E-state index contributed by atoms with van der Waals surface area (Å²) in [5.41, 5.74) is 1.08. The van der Waals surface area contributed by atoms with Crippen LogP contribution >= 0.6 is 0 Å². The zero-order valence-corrected chi connectivity index (χ0v) is 12.0. The van der Waals surface area contributed by atoms with Crippen LogP contribution in [0.3, 0.4) is 0 Å². The highest BCUT2D eigenvalue weighted by Gasteiger charge is 2.06. The number of carbonyl (C=O) groups excluding carboxylic acids is 1. The lowest BCUT2D eigenvalue weighted by atomic mass is 10.3. The van der Waals surface area contributed by atoms with Crippen molar-refractivity contribution in [3.8, 4) is 0 Å². The summed E-state index contributed by atoms with van der Waals surface area (Å²) in [5.74, 6) is 0.0713. The van der Waals surface area contributed by atoms with E-state index in [-0.39, 0.29) is 11.9 Å². The number of nitrogens with one attached hydrogen (secondary N) is 2. The second kappa shape index (κ2) is 8.66. The van der Waals surface area contributed by atoms with Gasteiger partial charge in [0.1, 0.15) is 0 Å². The zero-order valence-electron chi connectivity index (χ0n) is 12.0. The van der Waals surface area contributed by atoms with Crippen LogP contribution in [0.1, 0.15) is 26.0 Å². The van der Waals surface area contributed by atoms with Gasteiger partial charge in [0, 0.05) is 45.4 Å². The molecule has 0 aliphatic carbocycles. The van der Waals surface area contributed by atoms with Gasteiger partial charge in [-0.05, 0) is 13.8 Å². The molecular weight excluding hydrogens is 244 g/mol. The molecular formula is C13H24N4O2. The average molecular weight is 268 g/mol. The summed E-state index contributed by atoms with van der Waals surface area (Å²) in [5, 5.41) is 6.14. The maximum Gasteiger partial charge on any atom is 0.221 e. The lowest BCUT2D eigenvalue weighted by Gasteiger charge is -2.11. The Hall–Kier alpha value is -1.40. The van der Waals surface area contributed by atoms with Gasteiger partial charge in [0.25, 0.3) is 0 Å². The van der Waals surface area contributed by atoms with Crippen molar-refractivity contribution in [1.29, 1.82) is 0 Å². The summed E-state index contributed by atoms with van der Waals surface area (Å²) >= 11 is 0. The van der Waals surface area contributed by atoms with Crippen molar-refractivity contribution >= 4 is 5.91 Å². The molecule has 0 aromatic carbocycles. The molecule has 108 valence electrons. The lowest BCUT2D eigenvalue weighted by molar-refractivity contribution is -0.121. The van der Waals surface area contributed by atoms with Crippen LogP contribution in [0, 0.1) is 0 Å². The zero-order chi connectivity index (χ0) is 14.1. The molecule has 19 heavy (non-hydrogen) atoms. The molecule has 0 saturated carbocycles. The second-order valence-electron chi connectivity index (χ2n) is 4.72. The van der Waals surface area contributed by atoms with E-state index in [4.69, 9.17) is 4.74 Å². The fourth-order valence-corrected chi connectivity index (χ4v) is 1.70. The summed E-state index contributed by atoms with van der Waals surface area (Å²) in [7, 11) is 1.68. The number of aryl methyl sites for hydroxylation is 1. The maximum atomic E-state index is 11.6. The van der Waals surface area contributed by atoms with Crippen LogP contribution in [0.5, 0.6) is 0 Å². The van der Waals surface area contributed by atoms with Gasteiger partial charge in [-0.25, -0.2) is 4.98 Å². The van der Waals surface area contributed by atoms with E-state index in [1.165, 1.54) is 0 Å². The van der Waals surface area contributed by atoms with E-state index in [9.17, 15) is 4.79 Å². The third-order valence-electron chi connectivity index (χ3n) is 2.62. The Balaban J connectivity index is 2.33. The van der Waals surface area contributed by atoms with Crippen molar-refractivity contribution in [2.24, 2.45) is 0 Å². The second-order valence-corrected chi connectivity index (χ2v) is 4.72. The highest BCUT2D eigenvalue weighted by molar-refractivity contribution is 5.76. The molecule has 1 heterocycles. The molecule has 1 amide bonds. The first-order valence-electron chi connectivity index (χ1n) is 6.61. The van der Waals surface area contributed by atoms with E-state index in [0.29, 0.717) is 19.6 Å². The van der Waals surface area contributed by atoms with E-state index in [1.54, 1.807) is 13.4 Å². The number of hydrogen-bond acceptors (Lipinski definition) is 4. The standard InChI is InChI=1S/C13H24N4O2/c1-11(2)16-13(18)4-6-17-10-15-9-12(17)8-14-5-7-19-3/h9-11,14H,4-8H2,1-3H3,(H,16,18). The maximum absolute atomic E-state index is 11.6. The van der Waals surface area contributed by atoms with Gasteiger partial charge in [-0.1, -0.05) is 0 Å². The largest absolute Gasteiger partial charge is 0.383 e. The molecule has 1 aromatic heterocycles. The third kappa shape index (κ3) is 6.35. The van der Waals surface area contributed by atoms with Crippen LogP contribution in [0.4, 0.5) is 0 Å². The fraction of sp³-hybridized carbons (Fsp3) is 0.692. The van der Waals surface area contributed by atoms with Gasteiger partial charge < -0.3 is 19.9 Å². The summed E-state index contributed by atoms with van der Waals surface area (Å²) in [6.45, 7) is 6.79. The molecule has 0 aliphatic rings. The van der Waals surface area contributed by atoms with Crippen LogP contribution in [-0.4, -0.2) is 41.8 Å². The first kappa shape index (κ1) is 15.7. The summed E-state index contributed by atoms with van der Waals surface area (Å²) in [6.07, 6.45) is 4.05. The first-order chi connectivity index (χ1) is 9.13. The number of ether oxygens (including phenoxy) is 1. The lowest BCUT2D eigenvalue weighted by Crippen LogP contribution is -2.30. The van der Waals surface area contributed by atoms with Crippen molar-refractivity contribution in [2.45, 2.75) is 39.4 Å². The highest BCUT2D eigenvalue weighted by Crippen LogP contribution is 2.01. The molecule has 6 nitrogen and oxygen atoms in total. The third-order valence-corrected chi connectivity index (χ3v) is 2.62. The molecule has 0 spiro atoms. The first-order valence-corrected chi connectivity index (χ1v) is 6.61. The van der Waals surface area contributed by atoms with Crippen molar-refractivity contribution in [2.75, 3.05) is 20.3 Å². The highest BCUT2D eigenvalue weighted by atomic mass is 16.5. The normalized spacial score (nSPS) is 10.9. The monoisotopic (exact) mass is 268 g/mol. The molecule has 0 radical (unpaired) electrons. The number of aromatic nitrogens is 2. The number of imidazole rings is 1. The number of methoxy groups -OCH3 is 1. The number of amides is 1. The van der Waals surface area contributed by atoms with Gasteiger partial charge in [-0.3, -0.25) is 4.79 Å². The Morgan fingerprint density at radius 3 is 3.00 bits per heavy atom. The van der Waals surface area contributed by atoms with Crippen molar-refractivity contribution in [1.82, 2.24) is 20.2 Å². The van der Waals surface area contributed by atoms with Gasteiger partial charge in [0.2, 0.25) is 5.91 Å². The SMILES string of the molecule is COCCNCc1cncn1CCC(=O)NC(C)C. The van der Waals surface area contributed by atoms with E-state index in [1.807, 2.05) is 24.6 Å². The summed E-state index contributed by atoms with van der Waals surface area (Å²) in [4.78, 5) is 15.7. The Labute approximate surface area is 114 Å². The van der Waals surface area contributed by atoms with E-state index in [0.717, 1.165) is 18.8 Å². The van der Waals surface area contributed by atoms with Crippen molar-refractivity contribution < 1.29 is 9.53 Å². The predicted octanol–water partition coefficient (Wildman–Crippen LogP) is 0.534. The molecule has 2 N–H and O–H groups in total. The molecule has 0 aliphatic heterocycles. The Morgan fingerprint density at radius 1 is 1.53 bits per heavy atom. The van der Waals surface area contributed by atoms with Gasteiger partial charge in [0.05, 0.1) is 18.6 Å². The predicted molar refractivity (Wildman–Crippen MR) is 73.7 cm³/mol. The van der Waals surface area contributed by atoms with Crippen LogP contribution in [0.15, 0.2) is 12.5 Å². The minimum absolute atomic E-state index is 0.0713. The molecule has 0 bridgehead atoms. The fourth-order valence-electron chi connectivity index (χ4n) is 1.70. The van der Waals surface area contributed by atoms with Crippen LogP contribution in [0.2, 0.25) is 0 Å². The smallest absolute Gasteiger partial charge is 0.221 e. The number of hydrogen-bond donors (Lipinski definition) is 2. The summed E-state index contributed by atoms with van der Waals surface area (Å²) in [6, 6.07) is 0.186. The van der Waals surface area contributed by atoms with Gasteiger partial charge >= 0.3 is 0 Å². The molecule has 1 aromatic rings. The van der Waals surface area contributed by atoms with Crippen LogP contribution < -0.4 is 10.6 Å². The van der Waals surface area contributed by atoms with Gasteiger partial charge in [0.15, 0.2) is 0 Å². The van der Waals surface area contributed by atoms with Crippen molar-refractivity contribution in [3.63, 3.8) is 0 Å². The van der Waals surface area contributed by atoms with E-state index >= 15 is 0 Å². The Kier molecular flexibility index (Phi) is 7.14. The van der Waals surface area contributed by atoms with Crippen LogP contribution in [-0.2, 0) is 22.6 Å². The molecule has 0 saturated heterocycles. The van der Waals surface area contributed by atoms with Crippen molar-refractivity contribution in [3.05, 3.63) is 18.2 Å². The minimum Gasteiger partial charge on any atom is -0.383 e. The summed E-state index contributed by atoms with van der Waals surface area (Å²) < 4.78 is 6.97. The topological polar surface area (TPSA) is 68.2 Å². The minimum atomic E-state index is 0.0713. The van der Waals surface area contributed by atoms with E-state index in [2.05, 4.69) is 15.6 Å². The van der Waals surface area contributed by atoms with Gasteiger partial charge in [-0.15, -0.1) is 0 Å². The van der Waals surface area contributed by atoms with E-state index < -0.39 is 0 Å². The number of rotatable bonds is 9. The Bertz CT molecular complexity index is 376. The average Bonchev–Trinajstić information content (AvgIpc) is 2.79. The number of nitrogens with zero attached hydrogens (tertiary/aromatic N) is 2. The van der Waals surface area contributed by atoms with Crippen LogP contribution in [0.25, 0.3) is 0 Å². The molecule has 0 atom stereocenters. The molecule has 0 fully saturated rings. The molecule has 0 unspecified atom stereocenters. The molecule has 1 rings (SSSR count). The number of carbonyl (C=O) groups is 1. The Morgan fingerprint density at radius 2 is 2.32 bits per heavy atom.